The summed E-state index contributed by atoms with van der Waals surface area (Å²) in [5, 5.41) is 7.45. The number of carbonyl (C=O) groups excluding carboxylic acids is 1. The fourth-order valence-electron chi connectivity index (χ4n) is 2.36. The molecule has 0 unspecified atom stereocenters. The van der Waals surface area contributed by atoms with Gasteiger partial charge in [0.15, 0.2) is 0 Å². The maximum atomic E-state index is 11.7. The second-order valence-electron chi connectivity index (χ2n) is 4.92. The Kier molecular flexibility index (Phi) is 4.31. The molecular formula is C13H21N3O. The van der Waals surface area contributed by atoms with Crippen molar-refractivity contribution in [2.75, 3.05) is 6.54 Å². The third-order valence-electron chi connectivity index (χ3n) is 3.39. The lowest BCUT2D eigenvalue weighted by molar-refractivity contribution is -0.118. The molecule has 1 aliphatic rings. The number of rotatable bonds is 6. The molecule has 4 nitrogen and oxygen atoms in total. The van der Waals surface area contributed by atoms with Crippen molar-refractivity contribution in [1.29, 1.82) is 0 Å². The van der Waals surface area contributed by atoms with E-state index >= 15 is 0 Å². The molecule has 0 atom stereocenters. The summed E-state index contributed by atoms with van der Waals surface area (Å²) in [6.07, 6.45) is 10.3. The van der Waals surface area contributed by atoms with E-state index in [1.807, 2.05) is 19.4 Å². The molecule has 1 fully saturated rings. The monoisotopic (exact) mass is 235 g/mol. The maximum Gasteiger partial charge on any atom is 0.146 e. The predicted molar refractivity (Wildman–Crippen MR) is 66.8 cm³/mol. The Bertz CT molecular complexity index is 366. The van der Waals surface area contributed by atoms with Crippen LogP contribution < -0.4 is 5.32 Å². The molecule has 0 aliphatic heterocycles. The molecule has 1 aromatic heterocycles. The van der Waals surface area contributed by atoms with Gasteiger partial charge in [-0.15, -0.1) is 0 Å². The van der Waals surface area contributed by atoms with E-state index in [0.717, 1.165) is 12.0 Å². The van der Waals surface area contributed by atoms with Gasteiger partial charge in [0.2, 0.25) is 0 Å². The first-order chi connectivity index (χ1) is 8.24. The van der Waals surface area contributed by atoms with Gasteiger partial charge >= 0.3 is 0 Å². The average Bonchev–Trinajstić information content (AvgIpc) is 2.95. The minimum Gasteiger partial charge on any atom is -0.307 e. The summed E-state index contributed by atoms with van der Waals surface area (Å²) in [5.41, 5.74) is 1.14. The molecule has 94 valence electrons. The maximum absolute atomic E-state index is 11.7. The van der Waals surface area contributed by atoms with Gasteiger partial charge in [0, 0.05) is 25.7 Å². The molecule has 0 aromatic carbocycles. The minimum absolute atomic E-state index is 0.306. The molecule has 0 saturated heterocycles. The van der Waals surface area contributed by atoms with Crippen LogP contribution in [-0.2, 0) is 18.3 Å². The van der Waals surface area contributed by atoms with E-state index in [2.05, 4.69) is 10.4 Å². The third kappa shape index (κ3) is 3.97. The first-order valence-electron chi connectivity index (χ1n) is 6.46. The molecule has 2 rings (SSSR count). The van der Waals surface area contributed by atoms with Crippen LogP contribution in [0.15, 0.2) is 12.4 Å². The summed E-state index contributed by atoms with van der Waals surface area (Å²) in [4.78, 5) is 11.7. The molecule has 1 saturated carbocycles. The zero-order chi connectivity index (χ0) is 12.1. The molecule has 17 heavy (non-hydrogen) atoms. The van der Waals surface area contributed by atoms with Crippen LogP contribution in [0.4, 0.5) is 0 Å². The standard InChI is InChI=1S/C13H21N3O/c1-16-10-11(8-15-16)6-7-13(17)9-14-12-4-2-3-5-12/h8,10,12,14H,2-7,9H2,1H3. The van der Waals surface area contributed by atoms with E-state index in [1.54, 1.807) is 4.68 Å². The molecule has 4 heteroatoms. The van der Waals surface area contributed by atoms with Crippen LogP contribution in [0.5, 0.6) is 0 Å². The topological polar surface area (TPSA) is 46.9 Å². The Hall–Kier alpha value is -1.16. The summed E-state index contributed by atoms with van der Waals surface area (Å²) < 4.78 is 1.77. The van der Waals surface area contributed by atoms with Crippen molar-refractivity contribution >= 4 is 5.78 Å². The number of nitrogens with one attached hydrogen (secondary N) is 1. The van der Waals surface area contributed by atoms with Crippen LogP contribution in [0.2, 0.25) is 0 Å². The summed E-state index contributed by atoms with van der Waals surface area (Å²) >= 11 is 0. The highest BCUT2D eigenvalue weighted by Crippen LogP contribution is 2.17. The van der Waals surface area contributed by atoms with Crippen molar-refractivity contribution in [3.63, 3.8) is 0 Å². The number of ketones is 1. The summed E-state index contributed by atoms with van der Waals surface area (Å²) in [6.45, 7) is 0.533. The Labute approximate surface area is 102 Å². The van der Waals surface area contributed by atoms with Gasteiger partial charge < -0.3 is 5.32 Å². The lowest BCUT2D eigenvalue weighted by atomic mass is 10.1. The number of hydrogen-bond donors (Lipinski definition) is 1. The highest BCUT2D eigenvalue weighted by atomic mass is 16.1. The largest absolute Gasteiger partial charge is 0.307 e. The fraction of sp³-hybridized carbons (Fsp3) is 0.692. The SMILES string of the molecule is Cn1cc(CCC(=O)CNC2CCCC2)cn1. The van der Waals surface area contributed by atoms with Gasteiger partial charge in [-0.05, 0) is 24.8 Å². The Morgan fingerprint density at radius 1 is 1.53 bits per heavy atom. The van der Waals surface area contributed by atoms with E-state index in [-0.39, 0.29) is 0 Å². The summed E-state index contributed by atoms with van der Waals surface area (Å²) in [7, 11) is 1.90. The highest BCUT2D eigenvalue weighted by Gasteiger charge is 2.15. The van der Waals surface area contributed by atoms with Crippen LogP contribution in [0, 0.1) is 0 Å². The number of nitrogens with zero attached hydrogens (tertiary/aromatic N) is 2. The van der Waals surface area contributed by atoms with Crippen LogP contribution >= 0.6 is 0 Å². The number of hydrogen-bond acceptors (Lipinski definition) is 3. The number of aryl methyl sites for hydroxylation is 2. The van der Waals surface area contributed by atoms with Crippen molar-refractivity contribution in [3.05, 3.63) is 18.0 Å². The van der Waals surface area contributed by atoms with Gasteiger partial charge in [-0.3, -0.25) is 9.48 Å². The number of carbonyl (C=O) groups is 1. The van der Waals surface area contributed by atoms with Gasteiger partial charge in [-0.1, -0.05) is 12.8 Å². The first kappa shape index (κ1) is 12.3. The van der Waals surface area contributed by atoms with Crippen LogP contribution in [0.1, 0.15) is 37.7 Å². The molecule has 1 heterocycles. The summed E-state index contributed by atoms with van der Waals surface area (Å²) in [6, 6.07) is 0.581. The normalized spacial score (nSPS) is 16.5. The van der Waals surface area contributed by atoms with Gasteiger partial charge in [0.05, 0.1) is 12.7 Å². The van der Waals surface area contributed by atoms with E-state index in [0.29, 0.717) is 24.8 Å². The molecular weight excluding hydrogens is 214 g/mol. The van der Waals surface area contributed by atoms with Gasteiger partial charge in [-0.2, -0.15) is 5.10 Å². The van der Waals surface area contributed by atoms with Gasteiger partial charge in [0.25, 0.3) is 0 Å². The molecule has 0 bridgehead atoms. The number of aromatic nitrogens is 2. The first-order valence-corrected chi connectivity index (χ1v) is 6.46. The van der Waals surface area contributed by atoms with Crippen LogP contribution in [-0.4, -0.2) is 28.2 Å². The zero-order valence-electron chi connectivity index (χ0n) is 10.5. The van der Waals surface area contributed by atoms with Crippen molar-refractivity contribution < 1.29 is 4.79 Å². The van der Waals surface area contributed by atoms with Crippen molar-refractivity contribution in [2.24, 2.45) is 7.05 Å². The smallest absolute Gasteiger partial charge is 0.146 e. The quantitative estimate of drug-likeness (QED) is 0.812. The second kappa shape index (κ2) is 5.96. The molecule has 1 N–H and O–H groups in total. The zero-order valence-corrected chi connectivity index (χ0v) is 10.5. The lowest BCUT2D eigenvalue weighted by Crippen LogP contribution is -2.31. The van der Waals surface area contributed by atoms with Crippen molar-refractivity contribution in [2.45, 2.75) is 44.6 Å². The minimum atomic E-state index is 0.306. The molecule has 0 radical (unpaired) electrons. The Morgan fingerprint density at radius 2 is 2.29 bits per heavy atom. The Balaban J connectivity index is 1.63. The van der Waals surface area contributed by atoms with Crippen molar-refractivity contribution in [3.8, 4) is 0 Å². The van der Waals surface area contributed by atoms with Crippen LogP contribution in [0.3, 0.4) is 0 Å². The third-order valence-corrected chi connectivity index (χ3v) is 3.39. The second-order valence-corrected chi connectivity index (χ2v) is 4.92. The average molecular weight is 235 g/mol. The van der Waals surface area contributed by atoms with E-state index < -0.39 is 0 Å². The molecule has 0 spiro atoms. The lowest BCUT2D eigenvalue weighted by Gasteiger charge is -2.10. The van der Waals surface area contributed by atoms with E-state index in [1.165, 1.54) is 25.7 Å². The molecule has 0 amide bonds. The summed E-state index contributed by atoms with van der Waals surface area (Å²) in [5.74, 6) is 0.306. The van der Waals surface area contributed by atoms with Crippen molar-refractivity contribution in [1.82, 2.24) is 15.1 Å². The van der Waals surface area contributed by atoms with E-state index in [9.17, 15) is 4.79 Å². The van der Waals surface area contributed by atoms with E-state index in [4.69, 9.17) is 0 Å². The van der Waals surface area contributed by atoms with Gasteiger partial charge in [-0.25, -0.2) is 0 Å². The molecule has 1 aromatic rings. The predicted octanol–water partition coefficient (Wildman–Crippen LogP) is 1.45. The van der Waals surface area contributed by atoms with Crippen LogP contribution in [0.25, 0.3) is 0 Å². The van der Waals surface area contributed by atoms with Gasteiger partial charge in [0.1, 0.15) is 5.78 Å². The molecule has 1 aliphatic carbocycles. The Morgan fingerprint density at radius 3 is 2.94 bits per heavy atom. The number of Topliss-reactive ketones (excluding diaryl/α,β-unsaturated/α-hetero) is 1. The fourth-order valence-corrected chi connectivity index (χ4v) is 2.36. The highest BCUT2D eigenvalue weighted by molar-refractivity contribution is 5.80.